The third-order valence-electron chi connectivity index (χ3n) is 2.02. The Morgan fingerprint density at radius 2 is 2.23 bits per heavy atom. The largest absolute Gasteiger partial charge is 0.462 e. The smallest absolute Gasteiger partial charge is 0.340 e. The van der Waals surface area contributed by atoms with Crippen LogP contribution in [-0.4, -0.2) is 17.6 Å². The van der Waals surface area contributed by atoms with E-state index in [0.29, 0.717) is 12.2 Å². The van der Waals surface area contributed by atoms with Crippen molar-refractivity contribution in [3.05, 3.63) is 23.0 Å². The molecule has 72 valence electrons. The lowest BCUT2D eigenvalue weighted by molar-refractivity contribution is 0.0524. The highest BCUT2D eigenvalue weighted by atomic mass is 16.5. The Labute approximate surface area is 78.1 Å². The summed E-state index contributed by atoms with van der Waals surface area (Å²) in [4.78, 5) is 14.5. The second kappa shape index (κ2) is 4.12. The summed E-state index contributed by atoms with van der Waals surface area (Å²) >= 11 is 0. The number of hydrogen-bond donors (Lipinski definition) is 1. The second-order valence-corrected chi connectivity index (χ2v) is 2.89. The zero-order chi connectivity index (χ0) is 9.84. The van der Waals surface area contributed by atoms with Crippen LogP contribution in [0.5, 0.6) is 0 Å². The average Bonchev–Trinajstić information content (AvgIpc) is 2.47. The summed E-state index contributed by atoms with van der Waals surface area (Å²) in [6.07, 6.45) is 2.71. The standard InChI is InChI=1S/C10H15NO2/c1-4-8-6-11-7(3)9(8)10(12)13-5-2/h6,11H,4-5H2,1-3H3. The lowest BCUT2D eigenvalue weighted by Gasteiger charge is -2.02. The number of hydrogen-bond acceptors (Lipinski definition) is 2. The van der Waals surface area contributed by atoms with Crippen molar-refractivity contribution < 1.29 is 9.53 Å². The van der Waals surface area contributed by atoms with Crippen LogP contribution in [0.25, 0.3) is 0 Å². The predicted molar refractivity (Wildman–Crippen MR) is 50.9 cm³/mol. The van der Waals surface area contributed by atoms with Gasteiger partial charge in [0.25, 0.3) is 0 Å². The highest BCUT2D eigenvalue weighted by Crippen LogP contribution is 2.15. The molecule has 0 saturated carbocycles. The molecule has 3 nitrogen and oxygen atoms in total. The molecule has 1 aromatic rings. The summed E-state index contributed by atoms with van der Waals surface area (Å²) in [5.41, 5.74) is 2.61. The molecule has 3 heteroatoms. The first kappa shape index (κ1) is 9.84. The van der Waals surface area contributed by atoms with E-state index in [0.717, 1.165) is 17.7 Å². The number of esters is 1. The SMILES string of the molecule is CCOC(=O)c1c(CC)c[nH]c1C. The fourth-order valence-electron chi connectivity index (χ4n) is 1.35. The fourth-order valence-corrected chi connectivity index (χ4v) is 1.35. The number of nitrogens with one attached hydrogen (secondary N) is 1. The summed E-state index contributed by atoms with van der Waals surface area (Å²) in [5.74, 6) is -0.224. The van der Waals surface area contributed by atoms with Crippen LogP contribution in [0.3, 0.4) is 0 Å². The van der Waals surface area contributed by atoms with Crippen molar-refractivity contribution in [3.8, 4) is 0 Å². The van der Waals surface area contributed by atoms with Crippen LogP contribution in [0.15, 0.2) is 6.20 Å². The molecule has 0 radical (unpaired) electrons. The van der Waals surface area contributed by atoms with Crippen LogP contribution in [0.2, 0.25) is 0 Å². The van der Waals surface area contributed by atoms with Crippen molar-refractivity contribution in [2.45, 2.75) is 27.2 Å². The highest BCUT2D eigenvalue weighted by Gasteiger charge is 2.15. The van der Waals surface area contributed by atoms with Crippen LogP contribution in [0.4, 0.5) is 0 Å². The van der Waals surface area contributed by atoms with Gasteiger partial charge in [-0.05, 0) is 25.8 Å². The summed E-state index contributed by atoms with van der Waals surface area (Å²) in [5, 5.41) is 0. The molecule has 13 heavy (non-hydrogen) atoms. The fraction of sp³-hybridized carbons (Fsp3) is 0.500. The molecule has 0 saturated heterocycles. The van der Waals surface area contributed by atoms with E-state index in [2.05, 4.69) is 4.98 Å². The van der Waals surface area contributed by atoms with Gasteiger partial charge in [-0.1, -0.05) is 6.92 Å². The lowest BCUT2D eigenvalue weighted by Crippen LogP contribution is -2.07. The number of H-pyrrole nitrogens is 1. The van der Waals surface area contributed by atoms with Gasteiger partial charge in [-0.25, -0.2) is 4.79 Å². The van der Waals surface area contributed by atoms with Crippen LogP contribution >= 0.6 is 0 Å². The minimum Gasteiger partial charge on any atom is -0.462 e. The summed E-state index contributed by atoms with van der Waals surface area (Å²) in [6, 6.07) is 0. The third kappa shape index (κ3) is 1.91. The predicted octanol–water partition coefficient (Wildman–Crippen LogP) is 2.06. The molecule has 0 bridgehead atoms. The van der Waals surface area contributed by atoms with Gasteiger partial charge in [0.05, 0.1) is 12.2 Å². The maximum Gasteiger partial charge on any atom is 0.340 e. The minimum absolute atomic E-state index is 0.224. The van der Waals surface area contributed by atoms with Crippen molar-refractivity contribution >= 4 is 5.97 Å². The molecular weight excluding hydrogens is 166 g/mol. The number of carbonyl (C=O) groups is 1. The molecule has 0 aromatic carbocycles. The summed E-state index contributed by atoms with van der Waals surface area (Å²) < 4.78 is 4.95. The van der Waals surface area contributed by atoms with E-state index in [-0.39, 0.29) is 5.97 Å². The molecule has 0 spiro atoms. The number of aromatic nitrogens is 1. The molecule has 0 aliphatic heterocycles. The second-order valence-electron chi connectivity index (χ2n) is 2.89. The normalized spacial score (nSPS) is 10.1. The minimum atomic E-state index is -0.224. The monoisotopic (exact) mass is 181 g/mol. The van der Waals surface area contributed by atoms with Crippen molar-refractivity contribution in [2.75, 3.05) is 6.61 Å². The highest BCUT2D eigenvalue weighted by molar-refractivity contribution is 5.92. The molecule has 0 aliphatic carbocycles. The first-order valence-corrected chi connectivity index (χ1v) is 4.54. The first-order chi connectivity index (χ1) is 6.20. The average molecular weight is 181 g/mol. The molecule has 1 rings (SSSR count). The molecule has 1 aromatic heterocycles. The van der Waals surface area contributed by atoms with Crippen LogP contribution in [-0.2, 0) is 11.2 Å². The molecule has 0 amide bonds. The van der Waals surface area contributed by atoms with Gasteiger partial charge in [-0.3, -0.25) is 0 Å². The molecule has 1 heterocycles. The van der Waals surface area contributed by atoms with Crippen molar-refractivity contribution in [1.29, 1.82) is 0 Å². The van der Waals surface area contributed by atoms with E-state index >= 15 is 0 Å². The van der Waals surface area contributed by atoms with Gasteiger partial charge in [0.15, 0.2) is 0 Å². The Morgan fingerprint density at radius 1 is 1.54 bits per heavy atom. The van der Waals surface area contributed by atoms with Crippen LogP contribution in [0.1, 0.15) is 35.5 Å². The van der Waals surface area contributed by atoms with Gasteiger partial charge in [0.2, 0.25) is 0 Å². The van der Waals surface area contributed by atoms with E-state index in [1.165, 1.54) is 0 Å². The molecular formula is C10H15NO2. The van der Waals surface area contributed by atoms with E-state index in [4.69, 9.17) is 4.74 Å². The Kier molecular flexibility index (Phi) is 3.12. The van der Waals surface area contributed by atoms with Gasteiger partial charge < -0.3 is 9.72 Å². The maximum atomic E-state index is 11.5. The molecule has 1 N–H and O–H groups in total. The van der Waals surface area contributed by atoms with Crippen LogP contribution in [0, 0.1) is 6.92 Å². The molecule has 0 atom stereocenters. The third-order valence-corrected chi connectivity index (χ3v) is 2.02. The summed E-state index contributed by atoms with van der Waals surface area (Å²) in [7, 11) is 0. The quantitative estimate of drug-likeness (QED) is 0.725. The maximum absolute atomic E-state index is 11.5. The Bertz CT molecular complexity index is 302. The van der Waals surface area contributed by atoms with Gasteiger partial charge in [-0.15, -0.1) is 0 Å². The van der Waals surface area contributed by atoms with Gasteiger partial charge in [-0.2, -0.15) is 0 Å². The number of rotatable bonds is 3. The lowest BCUT2D eigenvalue weighted by atomic mass is 10.1. The molecule has 0 fully saturated rings. The van der Waals surface area contributed by atoms with E-state index in [1.54, 1.807) is 0 Å². The Balaban J connectivity index is 2.96. The van der Waals surface area contributed by atoms with E-state index in [9.17, 15) is 4.79 Å². The first-order valence-electron chi connectivity index (χ1n) is 4.54. The topological polar surface area (TPSA) is 42.1 Å². The van der Waals surface area contributed by atoms with E-state index in [1.807, 2.05) is 27.0 Å². The van der Waals surface area contributed by atoms with Crippen molar-refractivity contribution in [3.63, 3.8) is 0 Å². The zero-order valence-corrected chi connectivity index (χ0v) is 8.31. The Hall–Kier alpha value is -1.25. The molecule has 0 aliphatic rings. The van der Waals surface area contributed by atoms with Crippen LogP contribution < -0.4 is 0 Å². The number of aryl methyl sites for hydroxylation is 2. The van der Waals surface area contributed by atoms with Crippen molar-refractivity contribution in [2.24, 2.45) is 0 Å². The Morgan fingerprint density at radius 3 is 2.77 bits per heavy atom. The van der Waals surface area contributed by atoms with Gasteiger partial charge in [0, 0.05) is 11.9 Å². The number of aromatic amines is 1. The zero-order valence-electron chi connectivity index (χ0n) is 8.31. The van der Waals surface area contributed by atoms with Gasteiger partial charge >= 0.3 is 5.97 Å². The number of carbonyl (C=O) groups excluding carboxylic acids is 1. The van der Waals surface area contributed by atoms with Crippen molar-refractivity contribution in [1.82, 2.24) is 4.98 Å². The van der Waals surface area contributed by atoms with E-state index < -0.39 is 0 Å². The number of ether oxygens (including phenoxy) is 1. The molecule has 0 unspecified atom stereocenters. The summed E-state index contributed by atoms with van der Waals surface area (Å²) in [6.45, 7) is 6.13. The van der Waals surface area contributed by atoms with Gasteiger partial charge in [0.1, 0.15) is 0 Å².